The summed E-state index contributed by atoms with van der Waals surface area (Å²) in [6.07, 6.45) is 3.57. The smallest absolute Gasteiger partial charge is 0.212 e. The summed E-state index contributed by atoms with van der Waals surface area (Å²) in [6.45, 7) is 3.24. The number of pyridine rings is 1. The molecule has 1 aromatic heterocycles. The molecule has 0 aliphatic heterocycles. The number of aromatic nitrogens is 1. The van der Waals surface area contributed by atoms with E-state index in [4.69, 9.17) is 9.84 Å². The Morgan fingerprint density at radius 2 is 2.31 bits per heavy atom. The second-order valence-corrected chi connectivity index (χ2v) is 3.65. The third kappa shape index (κ3) is 3.79. The first-order chi connectivity index (χ1) is 7.81. The van der Waals surface area contributed by atoms with Gasteiger partial charge in [0.1, 0.15) is 0 Å². The quantitative estimate of drug-likeness (QED) is 0.737. The van der Waals surface area contributed by atoms with Crippen molar-refractivity contribution in [1.29, 1.82) is 0 Å². The molecule has 1 aromatic rings. The Labute approximate surface area is 96.7 Å². The molecule has 1 heterocycles. The highest BCUT2D eigenvalue weighted by Gasteiger charge is 2.10. The molecule has 0 aliphatic rings. The maximum Gasteiger partial charge on any atom is 0.212 e. The first kappa shape index (κ1) is 12.9. The summed E-state index contributed by atoms with van der Waals surface area (Å²) in [7, 11) is 1.60. The van der Waals surface area contributed by atoms with Crippen LogP contribution in [-0.4, -0.2) is 30.4 Å². The van der Waals surface area contributed by atoms with Crippen LogP contribution >= 0.6 is 0 Å². The van der Waals surface area contributed by atoms with Gasteiger partial charge in [-0.1, -0.05) is 13.0 Å². The van der Waals surface area contributed by atoms with Crippen molar-refractivity contribution in [3.63, 3.8) is 0 Å². The molecular weight excluding hydrogens is 204 g/mol. The van der Waals surface area contributed by atoms with Gasteiger partial charge in [0.05, 0.1) is 7.11 Å². The Kier molecular flexibility index (Phi) is 5.82. The number of aliphatic hydroxyl groups excluding tert-OH is 1. The third-order valence-electron chi connectivity index (χ3n) is 2.43. The van der Waals surface area contributed by atoms with Crippen LogP contribution < -0.4 is 10.1 Å². The van der Waals surface area contributed by atoms with Crippen LogP contribution in [0.5, 0.6) is 5.88 Å². The molecule has 0 radical (unpaired) electrons. The van der Waals surface area contributed by atoms with Gasteiger partial charge in [0.15, 0.2) is 0 Å². The van der Waals surface area contributed by atoms with Crippen molar-refractivity contribution < 1.29 is 9.84 Å². The summed E-state index contributed by atoms with van der Waals surface area (Å²) in [5.41, 5.74) is 1.09. The van der Waals surface area contributed by atoms with Crippen LogP contribution in [0.1, 0.15) is 31.4 Å². The zero-order chi connectivity index (χ0) is 11.8. The van der Waals surface area contributed by atoms with Crippen molar-refractivity contribution in [2.75, 3.05) is 20.3 Å². The first-order valence-corrected chi connectivity index (χ1v) is 5.66. The van der Waals surface area contributed by atoms with Gasteiger partial charge in [0.2, 0.25) is 5.88 Å². The van der Waals surface area contributed by atoms with Gasteiger partial charge in [-0.05, 0) is 24.9 Å². The fourth-order valence-corrected chi connectivity index (χ4v) is 1.55. The molecule has 2 N–H and O–H groups in total. The minimum Gasteiger partial charge on any atom is -0.481 e. The summed E-state index contributed by atoms with van der Waals surface area (Å²) in [5, 5.41) is 12.4. The average molecular weight is 224 g/mol. The zero-order valence-corrected chi connectivity index (χ0v) is 9.94. The number of nitrogens with zero attached hydrogens (tertiary/aromatic N) is 1. The van der Waals surface area contributed by atoms with Crippen molar-refractivity contribution in [2.45, 2.75) is 25.8 Å². The van der Waals surface area contributed by atoms with Crippen molar-refractivity contribution in [3.8, 4) is 5.88 Å². The van der Waals surface area contributed by atoms with Crippen molar-refractivity contribution in [3.05, 3.63) is 23.9 Å². The molecular formula is C12H20N2O2. The molecule has 16 heavy (non-hydrogen) atoms. The minimum atomic E-state index is 0.170. The number of ether oxygens (including phenoxy) is 1. The molecule has 1 rings (SSSR count). The van der Waals surface area contributed by atoms with E-state index in [-0.39, 0.29) is 12.6 Å². The third-order valence-corrected chi connectivity index (χ3v) is 2.43. The Balaban J connectivity index is 2.67. The van der Waals surface area contributed by atoms with Gasteiger partial charge in [-0.3, -0.25) is 0 Å². The highest BCUT2D eigenvalue weighted by atomic mass is 16.5. The van der Waals surface area contributed by atoms with E-state index in [0.717, 1.165) is 18.5 Å². The second kappa shape index (κ2) is 7.19. The molecule has 0 saturated carbocycles. The number of nitrogens with one attached hydrogen (secondary N) is 1. The lowest BCUT2D eigenvalue weighted by Crippen LogP contribution is -2.23. The summed E-state index contributed by atoms with van der Waals surface area (Å²) in [6, 6.07) is 3.99. The van der Waals surface area contributed by atoms with E-state index >= 15 is 0 Å². The van der Waals surface area contributed by atoms with E-state index in [9.17, 15) is 0 Å². The molecule has 0 bridgehead atoms. The lowest BCUT2D eigenvalue weighted by Gasteiger charge is -2.17. The van der Waals surface area contributed by atoms with Crippen LogP contribution in [0.25, 0.3) is 0 Å². The first-order valence-electron chi connectivity index (χ1n) is 5.66. The molecule has 90 valence electrons. The van der Waals surface area contributed by atoms with Gasteiger partial charge in [-0.15, -0.1) is 0 Å². The summed E-state index contributed by atoms with van der Waals surface area (Å²) >= 11 is 0. The lowest BCUT2D eigenvalue weighted by atomic mass is 10.1. The Morgan fingerprint density at radius 3 is 2.81 bits per heavy atom. The standard InChI is InChI=1S/C12H20N2O2/c1-3-7-13-11(6-8-15)10-4-5-12(16-2)14-9-10/h4-5,9,11,13,15H,3,6-8H2,1-2H3. The van der Waals surface area contributed by atoms with Gasteiger partial charge < -0.3 is 15.2 Å². The molecule has 0 saturated heterocycles. The summed E-state index contributed by atoms with van der Waals surface area (Å²) < 4.78 is 5.01. The van der Waals surface area contributed by atoms with Crippen LogP contribution in [0.3, 0.4) is 0 Å². The zero-order valence-electron chi connectivity index (χ0n) is 9.94. The number of hydrogen-bond acceptors (Lipinski definition) is 4. The minimum absolute atomic E-state index is 0.170. The van der Waals surface area contributed by atoms with Crippen LogP contribution in [0.4, 0.5) is 0 Å². The summed E-state index contributed by atoms with van der Waals surface area (Å²) in [5.74, 6) is 0.613. The van der Waals surface area contributed by atoms with Crippen LogP contribution in [0.15, 0.2) is 18.3 Å². The maximum absolute atomic E-state index is 9.01. The molecule has 0 fully saturated rings. The van der Waals surface area contributed by atoms with Crippen LogP contribution in [0, 0.1) is 0 Å². The monoisotopic (exact) mass is 224 g/mol. The Morgan fingerprint density at radius 1 is 1.50 bits per heavy atom. The topological polar surface area (TPSA) is 54.4 Å². The van der Waals surface area contributed by atoms with Gasteiger partial charge in [0.25, 0.3) is 0 Å². The highest BCUT2D eigenvalue weighted by molar-refractivity contribution is 5.20. The molecule has 1 unspecified atom stereocenters. The van der Waals surface area contributed by atoms with Gasteiger partial charge in [-0.2, -0.15) is 0 Å². The van der Waals surface area contributed by atoms with Crippen molar-refractivity contribution in [2.24, 2.45) is 0 Å². The molecule has 0 spiro atoms. The lowest BCUT2D eigenvalue weighted by molar-refractivity contribution is 0.265. The van der Waals surface area contributed by atoms with Crippen molar-refractivity contribution in [1.82, 2.24) is 10.3 Å². The van der Waals surface area contributed by atoms with Crippen LogP contribution in [0.2, 0.25) is 0 Å². The number of aliphatic hydroxyl groups is 1. The predicted octanol–water partition coefficient (Wildman–Crippen LogP) is 1.51. The predicted molar refractivity (Wildman–Crippen MR) is 63.5 cm³/mol. The van der Waals surface area contributed by atoms with E-state index in [2.05, 4.69) is 17.2 Å². The van der Waals surface area contributed by atoms with E-state index in [1.54, 1.807) is 13.3 Å². The second-order valence-electron chi connectivity index (χ2n) is 3.65. The largest absolute Gasteiger partial charge is 0.481 e. The van der Waals surface area contributed by atoms with E-state index in [0.29, 0.717) is 12.3 Å². The fourth-order valence-electron chi connectivity index (χ4n) is 1.55. The maximum atomic E-state index is 9.01. The molecule has 0 aromatic carbocycles. The number of rotatable bonds is 7. The van der Waals surface area contributed by atoms with Crippen molar-refractivity contribution >= 4 is 0 Å². The number of hydrogen-bond donors (Lipinski definition) is 2. The van der Waals surface area contributed by atoms with E-state index in [1.165, 1.54) is 0 Å². The van der Waals surface area contributed by atoms with Gasteiger partial charge >= 0.3 is 0 Å². The molecule has 4 heteroatoms. The molecule has 0 amide bonds. The molecule has 0 aliphatic carbocycles. The van der Waals surface area contributed by atoms with Gasteiger partial charge in [0, 0.05) is 24.9 Å². The van der Waals surface area contributed by atoms with Gasteiger partial charge in [-0.25, -0.2) is 4.98 Å². The molecule has 1 atom stereocenters. The average Bonchev–Trinajstić information content (AvgIpc) is 2.35. The fraction of sp³-hybridized carbons (Fsp3) is 0.583. The summed E-state index contributed by atoms with van der Waals surface area (Å²) in [4.78, 5) is 4.16. The SMILES string of the molecule is CCCNC(CCO)c1ccc(OC)nc1. The number of methoxy groups -OCH3 is 1. The van der Waals surface area contributed by atoms with E-state index in [1.807, 2.05) is 12.1 Å². The van der Waals surface area contributed by atoms with Crippen LogP contribution in [-0.2, 0) is 0 Å². The molecule has 4 nitrogen and oxygen atoms in total. The highest BCUT2D eigenvalue weighted by Crippen LogP contribution is 2.17. The van der Waals surface area contributed by atoms with E-state index < -0.39 is 0 Å². The Hall–Kier alpha value is -1.13. The Bertz CT molecular complexity index is 288. The normalized spacial score (nSPS) is 12.4.